The first-order valence-corrected chi connectivity index (χ1v) is 8.45. The lowest BCUT2D eigenvalue weighted by Gasteiger charge is -2.24. The molecule has 0 saturated carbocycles. The Labute approximate surface area is 151 Å². The highest BCUT2D eigenvalue weighted by Crippen LogP contribution is 2.22. The molecule has 6 nitrogen and oxygen atoms in total. The van der Waals surface area contributed by atoms with Gasteiger partial charge in [-0.3, -0.25) is 14.4 Å². The average Bonchev–Trinajstić information content (AvgIpc) is 2.95. The van der Waals surface area contributed by atoms with Crippen LogP contribution in [0.1, 0.15) is 21.5 Å². The number of carboxylic acids is 1. The zero-order valence-electron chi connectivity index (χ0n) is 14.3. The van der Waals surface area contributed by atoms with Gasteiger partial charge >= 0.3 is 5.97 Å². The third-order valence-electron chi connectivity index (χ3n) is 4.41. The number of aliphatic carboxylic acids is 1. The number of hydrogen-bond donors (Lipinski definition) is 1. The third-order valence-corrected chi connectivity index (χ3v) is 4.41. The molecule has 134 valence electrons. The largest absolute Gasteiger partial charge is 0.480 e. The Morgan fingerprint density at radius 3 is 2.42 bits per heavy atom. The van der Waals surface area contributed by atoms with Crippen LogP contribution in [0.25, 0.3) is 0 Å². The summed E-state index contributed by atoms with van der Waals surface area (Å²) in [5.74, 6) is -1.61. The molecule has 1 heterocycles. The van der Waals surface area contributed by atoms with Gasteiger partial charge in [-0.15, -0.1) is 0 Å². The monoisotopic (exact) mass is 352 g/mol. The topological polar surface area (TPSA) is 77.9 Å². The van der Waals surface area contributed by atoms with E-state index in [1.165, 1.54) is 9.80 Å². The fourth-order valence-corrected chi connectivity index (χ4v) is 3.07. The van der Waals surface area contributed by atoms with Crippen LogP contribution in [0, 0.1) is 0 Å². The molecule has 0 fully saturated rings. The maximum Gasteiger partial charge on any atom is 0.323 e. The number of amides is 2. The van der Waals surface area contributed by atoms with Crippen LogP contribution >= 0.6 is 0 Å². The van der Waals surface area contributed by atoms with Gasteiger partial charge in [0, 0.05) is 18.7 Å². The van der Waals surface area contributed by atoms with Crippen molar-refractivity contribution >= 4 is 17.8 Å². The molecule has 0 bridgehead atoms. The molecule has 0 atom stereocenters. The van der Waals surface area contributed by atoms with E-state index in [2.05, 4.69) is 0 Å². The number of fused-ring (bicyclic) bond motifs is 1. The molecule has 0 aromatic heterocycles. The predicted molar refractivity (Wildman–Crippen MR) is 95.5 cm³/mol. The minimum Gasteiger partial charge on any atom is -0.480 e. The van der Waals surface area contributed by atoms with Gasteiger partial charge in [0.15, 0.2) is 0 Å². The molecule has 0 unspecified atom stereocenters. The Morgan fingerprint density at radius 1 is 1.04 bits per heavy atom. The van der Waals surface area contributed by atoms with Crippen LogP contribution in [0.4, 0.5) is 0 Å². The van der Waals surface area contributed by atoms with Crippen molar-refractivity contribution in [2.24, 2.45) is 0 Å². The Kier molecular flexibility index (Phi) is 5.31. The van der Waals surface area contributed by atoms with Crippen LogP contribution in [-0.4, -0.2) is 52.3 Å². The van der Waals surface area contributed by atoms with Gasteiger partial charge in [-0.05, 0) is 23.6 Å². The van der Waals surface area contributed by atoms with Gasteiger partial charge in [0.1, 0.15) is 13.1 Å². The van der Waals surface area contributed by atoms with E-state index in [1.807, 2.05) is 42.5 Å². The molecule has 0 aliphatic carbocycles. The number of rotatable bonds is 7. The summed E-state index contributed by atoms with van der Waals surface area (Å²) in [4.78, 5) is 38.9. The lowest BCUT2D eigenvalue weighted by molar-refractivity contribution is -0.144. The van der Waals surface area contributed by atoms with Crippen molar-refractivity contribution in [3.63, 3.8) is 0 Å². The molecule has 0 radical (unpaired) electrons. The number of carboxylic acid groups (broad SMARTS) is 1. The van der Waals surface area contributed by atoms with Gasteiger partial charge in [-0.1, -0.05) is 48.5 Å². The van der Waals surface area contributed by atoms with Crippen molar-refractivity contribution < 1.29 is 19.5 Å². The summed E-state index contributed by atoms with van der Waals surface area (Å²) < 4.78 is 0. The molecule has 1 aliphatic heterocycles. The average molecular weight is 352 g/mol. The summed E-state index contributed by atoms with van der Waals surface area (Å²) in [5.41, 5.74) is 2.52. The summed E-state index contributed by atoms with van der Waals surface area (Å²) in [6, 6.07) is 16.8. The normalized spacial score (nSPS) is 12.8. The number of benzene rings is 2. The van der Waals surface area contributed by atoms with Gasteiger partial charge in [-0.2, -0.15) is 0 Å². The van der Waals surface area contributed by atoms with Crippen LogP contribution in [-0.2, 0) is 22.6 Å². The van der Waals surface area contributed by atoms with Crippen LogP contribution in [0.15, 0.2) is 54.6 Å². The van der Waals surface area contributed by atoms with Crippen molar-refractivity contribution in [3.8, 4) is 0 Å². The number of carbonyl (C=O) groups is 3. The van der Waals surface area contributed by atoms with Crippen LogP contribution in [0.3, 0.4) is 0 Å². The SMILES string of the molecule is O=C(O)CN(CCc1ccccc1)C(=O)CN1Cc2ccccc2C1=O. The molecule has 3 rings (SSSR count). The van der Waals surface area contributed by atoms with Crippen molar-refractivity contribution in [1.82, 2.24) is 9.80 Å². The standard InChI is InChI=1S/C20H20N2O4/c23-18(13-22-12-16-8-4-5-9-17(16)20(22)26)21(14-19(24)25)11-10-15-6-2-1-3-7-15/h1-9H,10-14H2,(H,24,25). The second-order valence-electron chi connectivity index (χ2n) is 6.26. The van der Waals surface area contributed by atoms with Gasteiger partial charge in [0.2, 0.25) is 5.91 Å². The number of hydrogen-bond acceptors (Lipinski definition) is 3. The first-order chi connectivity index (χ1) is 12.5. The predicted octanol–water partition coefficient (Wildman–Crippen LogP) is 1.80. The maximum absolute atomic E-state index is 12.6. The second-order valence-corrected chi connectivity index (χ2v) is 6.26. The molecule has 1 N–H and O–H groups in total. The summed E-state index contributed by atoms with van der Waals surface area (Å²) in [7, 11) is 0. The van der Waals surface area contributed by atoms with Crippen LogP contribution in [0.2, 0.25) is 0 Å². The van der Waals surface area contributed by atoms with Gasteiger partial charge < -0.3 is 14.9 Å². The van der Waals surface area contributed by atoms with E-state index in [9.17, 15) is 14.4 Å². The Bertz CT molecular complexity index is 820. The fourth-order valence-electron chi connectivity index (χ4n) is 3.07. The molecule has 1 aliphatic rings. The zero-order chi connectivity index (χ0) is 18.5. The first kappa shape index (κ1) is 17.7. The molecular formula is C20H20N2O4. The van der Waals surface area contributed by atoms with E-state index in [1.54, 1.807) is 12.1 Å². The van der Waals surface area contributed by atoms with E-state index in [-0.39, 0.29) is 24.9 Å². The first-order valence-electron chi connectivity index (χ1n) is 8.45. The van der Waals surface area contributed by atoms with Gasteiger partial charge in [0.05, 0.1) is 0 Å². The van der Waals surface area contributed by atoms with Crippen LogP contribution in [0.5, 0.6) is 0 Å². The van der Waals surface area contributed by atoms with Gasteiger partial charge in [0.25, 0.3) is 5.91 Å². The minimum atomic E-state index is -1.07. The van der Waals surface area contributed by atoms with Crippen LogP contribution < -0.4 is 0 Å². The van der Waals surface area contributed by atoms with E-state index in [0.29, 0.717) is 25.1 Å². The second kappa shape index (κ2) is 7.82. The molecule has 2 aromatic rings. The summed E-state index contributed by atoms with van der Waals surface area (Å²) >= 11 is 0. The molecule has 6 heteroatoms. The van der Waals surface area contributed by atoms with Crippen molar-refractivity contribution in [1.29, 1.82) is 0 Å². The van der Waals surface area contributed by atoms with Crippen molar-refractivity contribution in [3.05, 3.63) is 71.3 Å². The van der Waals surface area contributed by atoms with E-state index >= 15 is 0 Å². The highest BCUT2D eigenvalue weighted by molar-refractivity contribution is 6.00. The Morgan fingerprint density at radius 2 is 1.73 bits per heavy atom. The van der Waals surface area contributed by atoms with E-state index < -0.39 is 5.97 Å². The summed E-state index contributed by atoms with van der Waals surface area (Å²) in [5, 5.41) is 9.11. The highest BCUT2D eigenvalue weighted by atomic mass is 16.4. The van der Waals surface area contributed by atoms with E-state index in [4.69, 9.17) is 5.11 Å². The molecular weight excluding hydrogens is 332 g/mol. The van der Waals surface area contributed by atoms with Gasteiger partial charge in [-0.25, -0.2) is 0 Å². The van der Waals surface area contributed by atoms with Crippen molar-refractivity contribution in [2.45, 2.75) is 13.0 Å². The molecule has 26 heavy (non-hydrogen) atoms. The number of nitrogens with zero attached hydrogens (tertiary/aromatic N) is 2. The maximum atomic E-state index is 12.6. The lowest BCUT2D eigenvalue weighted by atomic mass is 10.1. The summed E-state index contributed by atoms with van der Waals surface area (Å²) in [6.45, 7) is 0.181. The molecule has 0 saturated heterocycles. The molecule has 2 aromatic carbocycles. The quantitative estimate of drug-likeness (QED) is 0.824. The van der Waals surface area contributed by atoms with E-state index in [0.717, 1.165) is 11.1 Å². The van der Waals surface area contributed by atoms with Crippen molar-refractivity contribution in [2.75, 3.05) is 19.6 Å². The fraction of sp³-hybridized carbons (Fsp3) is 0.250. The zero-order valence-corrected chi connectivity index (χ0v) is 14.3. The highest BCUT2D eigenvalue weighted by Gasteiger charge is 2.30. The minimum absolute atomic E-state index is 0.115. The molecule has 2 amide bonds. The molecule has 0 spiro atoms. The Balaban J connectivity index is 1.64. The Hall–Kier alpha value is -3.15. The number of carbonyl (C=O) groups excluding carboxylic acids is 2. The third kappa shape index (κ3) is 4.08. The smallest absolute Gasteiger partial charge is 0.323 e. The summed E-state index contributed by atoms with van der Waals surface area (Å²) in [6.07, 6.45) is 0.564. The lowest BCUT2D eigenvalue weighted by Crippen LogP contribution is -2.43.